The van der Waals surface area contributed by atoms with Gasteiger partial charge in [0.15, 0.2) is 0 Å². The van der Waals surface area contributed by atoms with E-state index in [0.29, 0.717) is 26.1 Å². The number of nitrogens with one attached hydrogen (secondary N) is 3. The highest BCUT2D eigenvalue weighted by Crippen LogP contribution is 1.98. The van der Waals surface area contributed by atoms with E-state index in [9.17, 15) is 9.59 Å². The largest absolute Gasteiger partial charge is 0.385 e. The number of amides is 2. The van der Waals surface area contributed by atoms with Gasteiger partial charge in [0.25, 0.3) is 0 Å². The van der Waals surface area contributed by atoms with Crippen LogP contribution in [0.5, 0.6) is 0 Å². The zero-order chi connectivity index (χ0) is 14.7. The minimum Gasteiger partial charge on any atom is -0.385 e. The quantitative estimate of drug-likeness (QED) is 0.518. The average molecular weight is 273 g/mol. The highest BCUT2D eigenvalue weighted by Gasteiger charge is 2.12. The maximum Gasteiger partial charge on any atom is 0.233 e. The number of carbonyl (C=O) groups excluding carboxylic acids is 2. The van der Waals surface area contributed by atoms with Crippen molar-refractivity contribution in [2.75, 3.05) is 33.4 Å². The number of rotatable bonds is 9. The third kappa shape index (κ3) is 13.1. The standard InChI is InChI=1S/C13H27N3O3/c1-13(2,3)16-11(17)6-8-14-10-12(18)15-7-5-9-19-4/h14H,5-10H2,1-4H3,(H,15,18)(H,16,17). The van der Waals surface area contributed by atoms with Gasteiger partial charge in [-0.3, -0.25) is 9.59 Å². The molecule has 0 rings (SSSR count). The van der Waals surface area contributed by atoms with Crippen molar-refractivity contribution in [3.63, 3.8) is 0 Å². The molecule has 3 N–H and O–H groups in total. The van der Waals surface area contributed by atoms with E-state index < -0.39 is 0 Å². The lowest BCUT2D eigenvalue weighted by atomic mass is 10.1. The Morgan fingerprint density at radius 3 is 2.37 bits per heavy atom. The van der Waals surface area contributed by atoms with E-state index in [-0.39, 0.29) is 23.9 Å². The Kier molecular flexibility index (Phi) is 9.16. The van der Waals surface area contributed by atoms with Gasteiger partial charge in [0, 0.05) is 38.8 Å². The monoisotopic (exact) mass is 273 g/mol. The van der Waals surface area contributed by atoms with Crippen LogP contribution in [0.4, 0.5) is 0 Å². The molecular weight excluding hydrogens is 246 g/mol. The molecule has 0 fully saturated rings. The van der Waals surface area contributed by atoms with Crippen LogP contribution >= 0.6 is 0 Å². The van der Waals surface area contributed by atoms with Gasteiger partial charge in [0.2, 0.25) is 11.8 Å². The summed E-state index contributed by atoms with van der Waals surface area (Å²) in [7, 11) is 1.63. The lowest BCUT2D eigenvalue weighted by Gasteiger charge is -2.20. The van der Waals surface area contributed by atoms with Gasteiger partial charge in [-0.25, -0.2) is 0 Å². The van der Waals surface area contributed by atoms with E-state index in [1.165, 1.54) is 0 Å². The Bertz CT molecular complexity index is 275. The normalized spacial score (nSPS) is 11.2. The fourth-order valence-corrected chi connectivity index (χ4v) is 1.39. The highest BCUT2D eigenvalue weighted by atomic mass is 16.5. The summed E-state index contributed by atoms with van der Waals surface area (Å²) in [5, 5.41) is 8.56. The number of methoxy groups -OCH3 is 1. The highest BCUT2D eigenvalue weighted by molar-refractivity contribution is 5.78. The molecule has 0 aliphatic heterocycles. The predicted octanol–water partition coefficient (Wildman–Crippen LogP) is 0.0335. The van der Waals surface area contributed by atoms with Crippen molar-refractivity contribution >= 4 is 11.8 Å². The summed E-state index contributed by atoms with van der Waals surface area (Å²) in [6, 6.07) is 0. The van der Waals surface area contributed by atoms with Crippen molar-refractivity contribution in [1.29, 1.82) is 0 Å². The second-order valence-electron chi connectivity index (χ2n) is 5.42. The van der Waals surface area contributed by atoms with E-state index in [1.807, 2.05) is 20.8 Å². The molecule has 0 bridgehead atoms. The van der Waals surface area contributed by atoms with Gasteiger partial charge in [0.05, 0.1) is 6.54 Å². The van der Waals surface area contributed by atoms with Crippen LogP contribution in [0.1, 0.15) is 33.6 Å². The van der Waals surface area contributed by atoms with E-state index in [4.69, 9.17) is 4.74 Å². The minimum absolute atomic E-state index is 0.0134. The molecule has 19 heavy (non-hydrogen) atoms. The van der Waals surface area contributed by atoms with Crippen molar-refractivity contribution in [3.8, 4) is 0 Å². The molecule has 0 heterocycles. The molecule has 0 atom stereocenters. The van der Waals surface area contributed by atoms with Gasteiger partial charge in [-0.2, -0.15) is 0 Å². The Hall–Kier alpha value is -1.14. The van der Waals surface area contributed by atoms with E-state index >= 15 is 0 Å². The molecule has 0 saturated carbocycles. The van der Waals surface area contributed by atoms with E-state index in [1.54, 1.807) is 7.11 Å². The van der Waals surface area contributed by atoms with E-state index in [2.05, 4.69) is 16.0 Å². The summed E-state index contributed by atoms with van der Waals surface area (Å²) in [4.78, 5) is 22.8. The number of carbonyl (C=O) groups is 2. The molecule has 0 spiro atoms. The third-order valence-electron chi connectivity index (χ3n) is 2.18. The molecule has 0 radical (unpaired) electrons. The summed E-state index contributed by atoms with van der Waals surface area (Å²) in [5.74, 6) is -0.0761. The van der Waals surface area contributed by atoms with Crippen molar-refractivity contribution in [2.24, 2.45) is 0 Å². The first-order valence-electron chi connectivity index (χ1n) is 6.62. The second-order valence-corrected chi connectivity index (χ2v) is 5.42. The summed E-state index contributed by atoms with van der Waals surface area (Å²) in [5.41, 5.74) is -0.212. The summed E-state index contributed by atoms with van der Waals surface area (Å²) in [6.07, 6.45) is 1.17. The number of hydrogen-bond acceptors (Lipinski definition) is 4. The van der Waals surface area contributed by atoms with E-state index in [0.717, 1.165) is 6.42 Å². The van der Waals surface area contributed by atoms with Gasteiger partial charge in [-0.15, -0.1) is 0 Å². The Morgan fingerprint density at radius 2 is 1.79 bits per heavy atom. The maximum atomic E-state index is 11.5. The van der Waals surface area contributed by atoms with Crippen LogP contribution in [0, 0.1) is 0 Å². The van der Waals surface area contributed by atoms with Gasteiger partial charge in [-0.1, -0.05) is 0 Å². The molecule has 0 aromatic heterocycles. The summed E-state index contributed by atoms with van der Waals surface area (Å²) < 4.78 is 4.88. The maximum absolute atomic E-state index is 11.5. The fraction of sp³-hybridized carbons (Fsp3) is 0.846. The molecule has 6 nitrogen and oxygen atoms in total. The molecule has 0 aliphatic rings. The molecule has 0 aliphatic carbocycles. The molecule has 0 aromatic carbocycles. The van der Waals surface area contributed by atoms with Crippen LogP contribution in [-0.4, -0.2) is 50.7 Å². The summed E-state index contributed by atoms with van der Waals surface area (Å²) >= 11 is 0. The van der Waals surface area contributed by atoms with Crippen molar-refractivity contribution < 1.29 is 14.3 Å². The Balaban J connectivity index is 3.48. The molecule has 0 unspecified atom stereocenters. The minimum atomic E-state index is -0.212. The first kappa shape index (κ1) is 17.9. The fourth-order valence-electron chi connectivity index (χ4n) is 1.39. The second kappa shape index (κ2) is 9.75. The van der Waals surface area contributed by atoms with Crippen LogP contribution in [0.25, 0.3) is 0 Å². The lowest BCUT2D eigenvalue weighted by Crippen LogP contribution is -2.42. The van der Waals surface area contributed by atoms with Crippen molar-refractivity contribution in [2.45, 2.75) is 39.2 Å². The molecule has 6 heteroatoms. The van der Waals surface area contributed by atoms with Crippen LogP contribution in [0.2, 0.25) is 0 Å². The van der Waals surface area contributed by atoms with Gasteiger partial charge in [-0.05, 0) is 27.2 Å². The number of ether oxygens (including phenoxy) is 1. The molecule has 0 aromatic rings. The average Bonchev–Trinajstić information content (AvgIpc) is 2.28. The van der Waals surface area contributed by atoms with Crippen molar-refractivity contribution in [3.05, 3.63) is 0 Å². The third-order valence-corrected chi connectivity index (χ3v) is 2.18. The SMILES string of the molecule is COCCCNC(=O)CNCCC(=O)NC(C)(C)C. The topological polar surface area (TPSA) is 79.5 Å². The van der Waals surface area contributed by atoms with Crippen LogP contribution < -0.4 is 16.0 Å². The van der Waals surface area contributed by atoms with Gasteiger partial charge >= 0.3 is 0 Å². The molecule has 0 saturated heterocycles. The van der Waals surface area contributed by atoms with Crippen LogP contribution in [-0.2, 0) is 14.3 Å². The van der Waals surface area contributed by atoms with Crippen LogP contribution in [0.3, 0.4) is 0 Å². The first-order chi connectivity index (χ1) is 8.85. The Labute approximate surface area is 115 Å². The molecule has 2 amide bonds. The zero-order valence-electron chi connectivity index (χ0n) is 12.5. The van der Waals surface area contributed by atoms with Crippen LogP contribution in [0.15, 0.2) is 0 Å². The van der Waals surface area contributed by atoms with Gasteiger partial charge < -0.3 is 20.7 Å². The molecular formula is C13H27N3O3. The van der Waals surface area contributed by atoms with Crippen molar-refractivity contribution in [1.82, 2.24) is 16.0 Å². The zero-order valence-corrected chi connectivity index (χ0v) is 12.5. The number of hydrogen-bond donors (Lipinski definition) is 3. The molecule has 112 valence electrons. The smallest absolute Gasteiger partial charge is 0.233 e. The first-order valence-corrected chi connectivity index (χ1v) is 6.62. The van der Waals surface area contributed by atoms with Gasteiger partial charge in [0.1, 0.15) is 0 Å². The Morgan fingerprint density at radius 1 is 1.11 bits per heavy atom. The lowest BCUT2D eigenvalue weighted by molar-refractivity contribution is -0.123. The predicted molar refractivity (Wildman–Crippen MR) is 74.9 cm³/mol. The summed E-state index contributed by atoms with van der Waals surface area (Å²) in [6.45, 7) is 7.78.